The van der Waals surface area contributed by atoms with Crippen LogP contribution in [0.5, 0.6) is 0 Å². The predicted molar refractivity (Wildman–Crippen MR) is 155 cm³/mol. The van der Waals surface area contributed by atoms with Gasteiger partial charge in [0, 0.05) is 16.5 Å². The van der Waals surface area contributed by atoms with E-state index in [4.69, 9.17) is 0 Å². The Morgan fingerprint density at radius 1 is 0.459 bits per heavy atom. The van der Waals surface area contributed by atoms with E-state index in [-0.39, 0.29) is 0 Å². The van der Waals surface area contributed by atoms with Gasteiger partial charge in [0.05, 0.1) is 11.0 Å². The summed E-state index contributed by atoms with van der Waals surface area (Å²) in [5.41, 5.74) is 15.0. The van der Waals surface area contributed by atoms with Crippen LogP contribution in [0.25, 0.3) is 60.5 Å². The summed E-state index contributed by atoms with van der Waals surface area (Å²) in [6.07, 6.45) is 2.02. The van der Waals surface area contributed by atoms with E-state index in [0.29, 0.717) is 0 Å². The minimum absolute atomic E-state index is 1.00. The first kappa shape index (κ1) is 19.6. The van der Waals surface area contributed by atoms with Crippen molar-refractivity contribution in [1.29, 1.82) is 0 Å². The number of aromatic nitrogens is 1. The fourth-order valence-corrected chi connectivity index (χ4v) is 7.08. The number of hydrogen-bond acceptors (Lipinski definition) is 0. The van der Waals surface area contributed by atoms with Crippen molar-refractivity contribution in [2.75, 3.05) is 0 Å². The van der Waals surface area contributed by atoms with Crippen molar-refractivity contribution in [3.05, 3.63) is 138 Å². The molecule has 9 rings (SSSR count). The van der Waals surface area contributed by atoms with Crippen molar-refractivity contribution < 1.29 is 0 Å². The topological polar surface area (TPSA) is 4.93 Å². The Bertz CT molecular complexity index is 2090. The molecule has 37 heavy (non-hydrogen) atoms. The first-order valence-corrected chi connectivity index (χ1v) is 13.1. The minimum Gasteiger partial charge on any atom is -0.309 e. The molecule has 0 aliphatic heterocycles. The highest BCUT2D eigenvalue weighted by molar-refractivity contribution is 6.17. The molecule has 0 atom stereocenters. The Morgan fingerprint density at radius 3 is 2.11 bits per heavy atom. The summed E-state index contributed by atoms with van der Waals surface area (Å²) in [6, 6.07) is 43.1. The third-order valence-electron chi connectivity index (χ3n) is 8.59. The van der Waals surface area contributed by atoms with Crippen LogP contribution in [0.15, 0.2) is 115 Å². The van der Waals surface area contributed by atoms with Gasteiger partial charge in [0.25, 0.3) is 0 Å². The molecule has 1 aromatic heterocycles. The molecule has 2 aliphatic rings. The molecule has 0 saturated heterocycles. The normalized spacial score (nSPS) is 13.2. The second kappa shape index (κ2) is 6.99. The lowest BCUT2D eigenvalue weighted by molar-refractivity contribution is 1.17. The quantitative estimate of drug-likeness (QED) is 0.226. The number of benzene rings is 6. The first-order valence-electron chi connectivity index (χ1n) is 13.1. The van der Waals surface area contributed by atoms with Crippen LogP contribution in [0.4, 0.5) is 0 Å². The Kier molecular flexibility index (Phi) is 3.69. The van der Waals surface area contributed by atoms with E-state index < -0.39 is 0 Å². The molecular formula is C36H23N. The van der Waals surface area contributed by atoms with Crippen molar-refractivity contribution in [2.24, 2.45) is 0 Å². The van der Waals surface area contributed by atoms with E-state index in [1.807, 2.05) is 0 Å². The highest BCUT2D eigenvalue weighted by Crippen LogP contribution is 2.47. The van der Waals surface area contributed by atoms with Gasteiger partial charge in [0.2, 0.25) is 0 Å². The highest BCUT2D eigenvalue weighted by atomic mass is 15.0. The summed E-state index contributed by atoms with van der Waals surface area (Å²) in [6.45, 7) is 0. The zero-order valence-corrected chi connectivity index (χ0v) is 20.3. The van der Waals surface area contributed by atoms with Crippen molar-refractivity contribution >= 4 is 32.6 Å². The predicted octanol–water partition coefficient (Wildman–Crippen LogP) is 9.08. The van der Waals surface area contributed by atoms with Gasteiger partial charge >= 0.3 is 0 Å². The van der Waals surface area contributed by atoms with Gasteiger partial charge in [-0.2, -0.15) is 0 Å². The summed E-state index contributed by atoms with van der Waals surface area (Å²) in [5.74, 6) is 0. The standard InChI is InChI=1S/C36H23N/c1-3-12-28-22(8-1)18-24-10-7-11-25-20-27(21-31(28)34(24)25)37-32-15-6-5-14-30(32)36-33(37)17-16-26-19-23-9-2-4-13-29(23)35(26)36/h1-17,20-21H,18-19H2. The molecule has 1 heteroatoms. The molecule has 0 radical (unpaired) electrons. The Morgan fingerprint density at radius 2 is 1.19 bits per heavy atom. The van der Waals surface area contributed by atoms with E-state index in [2.05, 4.69) is 120 Å². The van der Waals surface area contributed by atoms with Crippen molar-refractivity contribution in [2.45, 2.75) is 12.8 Å². The molecule has 1 heterocycles. The molecule has 7 aromatic rings. The van der Waals surface area contributed by atoms with E-state index in [1.54, 1.807) is 0 Å². The Hall–Kier alpha value is -4.62. The second-order valence-electron chi connectivity index (χ2n) is 10.5. The molecule has 0 spiro atoms. The number of hydrogen-bond donors (Lipinski definition) is 0. The summed E-state index contributed by atoms with van der Waals surface area (Å²) >= 11 is 0. The molecule has 0 N–H and O–H groups in total. The third-order valence-corrected chi connectivity index (χ3v) is 8.59. The van der Waals surface area contributed by atoms with Crippen LogP contribution in [0, 0.1) is 0 Å². The number of nitrogens with zero attached hydrogens (tertiary/aromatic N) is 1. The summed E-state index contributed by atoms with van der Waals surface area (Å²) < 4.78 is 2.49. The first-order chi connectivity index (χ1) is 18.3. The van der Waals surface area contributed by atoms with Gasteiger partial charge in [0.1, 0.15) is 0 Å². The van der Waals surface area contributed by atoms with Gasteiger partial charge in [-0.25, -0.2) is 0 Å². The molecule has 6 aromatic carbocycles. The average molecular weight is 470 g/mol. The van der Waals surface area contributed by atoms with Crippen molar-refractivity contribution in [3.8, 4) is 27.9 Å². The van der Waals surface area contributed by atoms with E-state index in [1.165, 1.54) is 82.8 Å². The maximum atomic E-state index is 2.49. The molecule has 0 fully saturated rings. The van der Waals surface area contributed by atoms with Gasteiger partial charge in [-0.05, 0) is 92.4 Å². The summed E-state index contributed by atoms with van der Waals surface area (Å²) in [5, 5.41) is 5.42. The van der Waals surface area contributed by atoms with Crippen LogP contribution in [-0.4, -0.2) is 4.57 Å². The van der Waals surface area contributed by atoms with Crippen molar-refractivity contribution in [1.82, 2.24) is 4.57 Å². The van der Waals surface area contributed by atoms with E-state index in [9.17, 15) is 0 Å². The van der Waals surface area contributed by atoms with Gasteiger partial charge in [-0.3, -0.25) is 0 Å². The minimum atomic E-state index is 1.00. The molecule has 0 unspecified atom stereocenters. The van der Waals surface area contributed by atoms with E-state index >= 15 is 0 Å². The Labute approximate surface area is 215 Å². The van der Waals surface area contributed by atoms with Crippen LogP contribution in [0.2, 0.25) is 0 Å². The smallest absolute Gasteiger partial charge is 0.0547 e. The monoisotopic (exact) mass is 469 g/mol. The number of fused-ring (bicyclic) bond motifs is 9. The SMILES string of the molecule is c1ccc2c(c1)Cc1cccc3cc(-n4c5ccccc5c5c6c(ccc54)Cc4ccccc4-6)cc-2c13. The fraction of sp³-hybridized carbons (Fsp3) is 0.0556. The molecule has 1 nitrogen and oxygen atoms in total. The van der Waals surface area contributed by atoms with Crippen molar-refractivity contribution in [3.63, 3.8) is 0 Å². The lowest BCUT2D eigenvalue weighted by Gasteiger charge is -2.22. The molecule has 2 aliphatic carbocycles. The average Bonchev–Trinajstić information content (AvgIpc) is 3.48. The molecule has 0 saturated carbocycles. The zero-order valence-electron chi connectivity index (χ0n) is 20.3. The van der Waals surface area contributed by atoms with Crippen LogP contribution < -0.4 is 0 Å². The molecule has 0 amide bonds. The van der Waals surface area contributed by atoms with Gasteiger partial charge in [0.15, 0.2) is 0 Å². The van der Waals surface area contributed by atoms with Gasteiger partial charge in [-0.1, -0.05) is 91.0 Å². The maximum Gasteiger partial charge on any atom is 0.0547 e. The second-order valence-corrected chi connectivity index (χ2v) is 10.5. The number of para-hydroxylation sites is 1. The summed E-state index contributed by atoms with van der Waals surface area (Å²) in [7, 11) is 0. The molecule has 172 valence electrons. The number of rotatable bonds is 1. The Balaban J connectivity index is 1.42. The summed E-state index contributed by atoms with van der Waals surface area (Å²) in [4.78, 5) is 0. The van der Waals surface area contributed by atoms with Gasteiger partial charge in [-0.15, -0.1) is 0 Å². The lowest BCUT2D eigenvalue weighted by atomic mass is 9.83. The van der Waals surface area contributed by atoms with Crippen LogP contribution in [0.3, 0.4) is 0 Å². The lowest BCUT2D eigenvalue weighted by Crippen LogP contribution is -2.03. The zero-order chi connectivity index (χ0) is 24.1. The van der Waals surface area contributed by atoms with Crippen LogP contribution in [-0.2, 0) is 12.8 Å². The maximum absolute atomic E-state index is 2.49. The van der Waals surface area contributed by atoms with E-state index in [0.717, 1.165) is 12.8 Å². The van der Waals surface area contributed by atoms with Crippen LogP contribution >= 0.6 is 0 Å². The van der Waals surface area contributed by atoms with Gasteiger partial charge < -0.3 is 4.57 Å². The largest absolute Gasteiger partial charge is 0.309 e. The third kappa shape index (κ3) is 2.53. The fourth-order valence-electron chi connectivity index (χ4n) is 7.08. The highest BCUT2D eigenvalue weighted by Gasteiger charge is 2.25. The molecule has 0 bridgehead atoms. The molecular weight excluding hydrogens is 446 g/mol. The van der Waals surface area contributed by atoms with Crippen LogP contribution in [0.1, 0.15) is 22.3 Å².